The average molecular weight is 404 g/mol. The maximum atomic E-state index is 13.5. The number of aryl methyl sites for hydroxylation is 2. The molecule has 0 fully saturated rings. The van der Waals surface area contributed by atoms with E-state index in [9.17, 15) is 18.7 Å². The number of phenolic OH excluding ortho intramolecular Hbond substituents is 1. The number of carbonyl (C=O) groups excluding carboxylic acids is 1. The molecule has 0 aliphatic heterocycles. The lowest BCUT2D eigenvalue weighted by Gasteiger charge is -2.03. The van der Waals surface area contributed by atoms with E-state index in [0.717, 1.165) is 11.3 Å². The Morgan fingerprint density at radius 1 is 1.04 bits per heavy atom. The second-order valence-corrected chi connectivity index (χ2v) is 6.65. The zero-order valence-corrected chi connectivity index (χ0v) is 16.3. The Hall–Kier alpha value is -3.13. The molecular weight excluding hydrogens is 386 g/mol. The molecule has 3 aromatic rings. The fourth-order valence-corrected chi connectivity index (χ4v) is 2.97. The molecule has 0 aliphatic carbocycles. The summed E-state index contributed by atoms with van der Waals surface area (Å²) >= 11 is 1.09. The minimum absolute atomic E-state index is 0.121. The van der Waals surface area contributed by atoms with Crippen LogP contribution in [0.15, 0.2) is 58.8 Å². The number of azo groups is 1. The Balaban J connectivity index is 0.00000136. The van der Waals surface area contributed by atoms with Gasteiger partial charge in [0.05, 0.1) is 12.9 Å². The topological polar surface area (TPSA) is 71.2 Å². The lowest BCUT2D eigenvalue weighted by molar-refractivity contribution is 0.0733. The smallest absolute Gasteiger partial charge is 0.353 e. The number of hydrogen-bond donors (Lipinski definition) is 1. The number of nitrogens with zero attached hydrogens (tertiary/aromatic N) is 2. The largest absolute Gasteiger partial charge is 0.507 e. The summed E-state index contributed by atoms with van der Waals surface area (Å²) in [6.07, 6.45) is 0. The van der Waals surface area contributed by atoms with Gasteiger partial charge in [0.15, 0.2) is 11.6 Å². The van der Waals surface area contributed by atoms with Crippen molar-refractivity contribution in [2.24, 2.45) is 10.2 Å². The summed E-state index contributed by atoms with van der Waals surface area (Å²) in [7, 11) is 0.500. The van der Waals surface area contributed by atoms with Crippen molar-refractivity contribution in [2.75, 3.05) is 7.18 Å². The Morgan fingerprint density at radius 2 is 1.68 bits per heavy atom. The summed E-state index contributed by atoms with van der Waals surface area (Å²) in [5.74, 6) is -1.14. The van der Waals surface area contributed by atoms with Gasteiger partial charge in [-0.15, -0.1) is 21.6 Å². The molecular formula is C20H18F2N2O3S. The van der Waals surface area contributed by atoms with Crippen LogP contribution in [0.25, 0.3) is 0 Å². The zero-order valence-electron chi connectivity index (χ0n) is 15.4. The van der Waals surface area contributed by atoms with Gasteiger partial charge in [0.25, 0.3) is 0 Å². The number of para-hydroxylation sites is 1. The summed E-state index contributed by atoms with van der Waals surface area (Å²) in [6.45, 7) is 3.56. The van der Waals surface area contributed by atoms with Gasteiger partial charge >= 0.3 is 5.97 Å². The molecule has 28 heavy (non-hydrogen) atoms. The number of alkyl halides is 1. The van der Waals surface area contributed by atoms with Gasteiger partial charge in [0.2, 0.25) is 0 Å². The molecule has 0 radical (unpaired) electrons. The van der Waals surface area contributed by atoms with Gasteiger partial charge < -0.3 is 9.84 Å². The molecule has 0 saturated carbocycles. The molecule has 1 N–H and O–H groups in total. The van der Waals surface area contributed by atoms with Gasteiger partial charge in [-0.2, -0.15) is 0 Å². The van der Waals surface area contributed by atoms with Crippen LogP contribution in [0.5, 0.6) is 11.5 Å². The summed E-state index contributed by atoms with van der Waals surface area (Å²) in [4.78, 5) is 12.4. The first-order valence-corrected chi connectivity index (χ1v) is 8.92. The van der Waals surface area contributed by atoms with Gasteiger partial charge in [-0.25, -0.2) is 9.18 Å². The van der Waals surface area contributed by atoms with Gasteiger partial charge in [-0.05, 0) is 61.4 Å². The normalized spacial score (nSPS) is 10.5. The first-order valence-electron chi connectivity index (χ1n) is 8.10. The van der Waals surface area contributed by atoms with Gasteiger partial charge in [0, 0.05) is 0 Å². The number of rotatable bonds is 4. The van der Waals surface area contributed by atoms with Crippen LogP contribution >= 0.6 is 11.3 Å². The summed E-state index contributed by atoms with van der Waals surface area (Å²) in [5, 5.41) is 18.5. The van der Waals surface area contributed by atoms with Crippen LogP contribution in [0.1, 0.15) is 20.8 Å². The van der Waals surface area contributed by atoms with Crippen molar-refractivity contribution in [1.82, 2.24) is 0 Å². The van der Waals surface area contributed by atoms with Gasteiger partial charge in [0.1, 0.15) is 15.6 Å². The van der Waals surface area contributed by atoms with Gasteiger partial charge in [-0.3, -0.25) is 4.39 Å². The van der Waals surface area contributed by atoms with Crippen LogP contribution in [0.3, 0.4) is 0 Å². The highest BCUT2D eigenvalue weighted by Crippen LogP contribution is 2.31. The molecule has 1 heterocycles. The second kappa shape index (κ2) is 9.70. The van der Waals surface area contributed by atoms with Crippen LogP contribution in [-0.4, -0.2) is 18.3 Å². The summed E-state index contributed by atoms with van der Waals surface area (Å²) in [5.41, 5.74) is 2.01. The number of aromatic hydroxyl groups is 1. The molecule has 0 spiro atoms. The minimum atomic E-state index is -0.655. The molecule has 8 heteroatoms. The highest BCUT2D eigenvalue weighted by Gasteiger charge is 2.14. The van der Waals surface area contributed by atoms with E-state index in [-0.39, 0.29) is 11.5 Å². The molecule has 5 nitrogen and oxygen atoms in total. The van der Waals surface area contributed by atoms with Crippen molar-refractivity contribution in [3.8, 4) is 11.5 Å². The van der Waals surface area contributed by atoms with Crippen LogP contribution < -0.4 is 4.74 Å². The van der Waals surface area contributed by atoms with Crippen LogP contribution in [-0.2, 0) is 0 Å². The molecule has 0 atom stereocenters. The van der Waals surface area contributed by atoms with E-state index < -0.39 is 11.8 Å². The van der Waals surface area contributed by atoms with Gasteiger partial charge in [-0.1, -0.05) is 12.1 Å². The molecule has 2 aromatic carbocycles. The van der Waals surface area contributed by atoms with Crippen LogP contribution in [0.4, 0.5) is 19.5 Å². The number of carbonyl (C=O) groups is 1. The third-order valence-electron chi connectivity index (χ3n) is 3.57. The molecule has 0 saturated heterocycles. The average Bonchev–Trinajstić information content (AvgIpc) is 3.17. The minimum Gasteiger partial charge on any atom is -0.507 e. The third kappa shape index (κ3) is 5.20. The highest BCUT2D eigenvalue weighted by atomic mass is 32.1. The molecule has 0 aliphatic rings. The van der Waals surface area contributed by atoms with Crippen molar-refractivity contribution in [2.45, 2.75) is 13.8 Å². The van der Waals surface area contributed by atoms with Crippen LogP contribution in [0, 0.1) is 19.7 Å². The predicted molar refractivity (Wildman–Crippen MR) is 104 cm³/mol. The van der Waals surface area contributed by atoms with E-state index in [4.69, 9.17) is 4.74 Å². The summed E-state index contributed by atoms with van der Waals surface area (Å²) < 4.78 is 28.1. The Bertz CT molecular complexity index is 980. The number of halogens is 2. The molecule has 146 valence electrons. The van der Waals surface area contributed by atoms with E-state index in [1.807, 2.05) is 0 Å². The fourth-order valence-electron chi connectivity index (χ4n) is 2.27. The van der Waals surface area contributed by atoms with E-state index in [2.05, 4.69) is 10.2 Å². The van der Waals surface area contributed by atoms with Crippen LogP contribution in [0.2, 0.25) is 0 Å². The van der Waals surface area contributed by atoms with Crippen molar-refractivity contribution in [3.05, 3.63) is 70.4 Å². The van der Waals surface area contributed by atoms with Crippen molar-refractivity contribution < 1.29 is 23.4 Å². The standard InChI is InChI=1S/C19H15FN2O3S.CH3F/c1-11-9-13(10-12(2)18(11)23)21-22-17-8-7-16(26-17)19(24)25-15-6-4-3-5-14(15)20;1-2/h3-10,23H,1-2H3;1H3. The maximum Gasteiger partial charge on any atom is 0.353 e. The maximum absolute atomic E-state index is 13.5. The Morgan fingerprint density at radius 3 is 2.32 bits per heavy atom. The zero-order chi connectivity index (χ0) is 20.7. The second-order valence-electron chi connectivity index (χ2n) is 5.59. The van der Waals surface area contributed by atoms with E-state index in [1.54, 1.807) is 44.2 Å². The number of phenols is 1. The predicted octanol–water partition coefficient (Wildman–Crippen LogP) is 6.43. The monoisotopic (exact) mass is 404 g/mol. The fraction of sp³-hybridized carbons (Fsp3) is 0.150. The lowest BCUT2D eigenvalue weighted by Crippen LogP contribution is -2.07. The number of ether oxygens (including phenoxy) is 1. The number of hydrogen-bond acceptors (Lipinski definition) is 6. The number of esters is 1. The third-order valence-corrected chi connectivity index (χ3v) is 4.52. The number of thiophene rings is 1. The Labute approximate surface area is 164 Å². The summed E-state index contributed by atoms with van der Waals surface area (Å²) in [6, 6.07) is 12.3. The first kappa shape index (κ1) is 21.2. The quantitative estimate of drug-likeness (QED) is 0.309. The molecule has 0 bridgehead atoms. The van der Waals surface area contributed by atoms with E-state index in [0.29, 0.717) is 33.9 Å². The van der Waals surface area contributed by atoms with Crippen molar-refractivity contribution in [3.63, 3.8) is 0 Å². The van der Waals surface area contributed by atoms with E-state index in [1.165, 1.54) is 18.2 Å². The van der Waals surface area contributed by atoms with Crippen molar-refractivity contribution in [1.29, 1.82) is 0 Å². The number of benzene rings is 2. The van der Waals surface area contributed by atoms with Crippen molar-refractivity contribution >= 4 is 28.0 Å². The highest BCUT2D eigenvalue weighted by molar-refractivity contribution is 7.17. The molecule has 0 unspecified atom stereocenters. The lowest BCUT2D eigenvalue weighted by atomic mass is 10.1. The first-order chi connectivity index (χ1) is 13.4. The molecule has 3 rings (SSSR count). The molecule has 1 aromatic heterocycles. The molecule has 0 amide bonds. The Kier molecular flexibility index (Phi) is 7.34. The SMILES string of the molecule is CF.Cc1cc(N=Nc2ccc(C(=O)Oc3ccccc3F)s2)cc(C)c1O. The van der Waals surface area contributed by atoms with E-state index >= 15 is 0 Å².